The highest BCUT2D eigenvalue weighted by Gasteiger charge is 2.08. The number of hydrogen-bond acceptors (Lipinski definition) is 5. The lowest BCUT2D eigenvalue weighted by atomic mass is 10.1. The molecule has 0 aliphatic carbocycles. The lowest BCUT2D eigenvalue weighted by Crippen LogP contribution is -2.06. The molecule has 4 aromatic rings. The first kappa shape index (κ1) is 17.9. The lowest BCUT2D eigenvalue weighted by Gasteiger charge is -2.12. The van der Waals surface area contributed by atoms with E-state index in [0.29, 0.717) is 23.3 Å². The van der Waals surface area contributed by atoms with Crippen LogP contribution in [0.25, 0.3) is 11.3 Å². The summed E-state index contributed by atoms with van der Waals surface area (Å²) in [6.45, 7) is 0.609. The number of benzene rings is 2. The minimum Gasteiger partial charge on any atom is -0.350 e. The molecule has 0 fully saturated rings. The fraction of sp³-hybridized carbons (Fsp3) is 0.0455. The second-order valence-corrected chi connectivity index (χ2v) is 6.61. The largest absolute Gasteiger partial charge is 0.350 e. The van der Waals surface area contributed by atoms with Crippen molar-refractivity contribution in [1.82, 2.24) is 15.0 Å². The molecule has 0 atom stereocenters. The molecule has 0 amide bonds. The van der Waals surface area contributed by atoms with Gasteiger partial charge in [0.05, 0.1) is 5.69 Å². The van der Waals surface area contributed by atoms with E-state index in [1.807, 2.05) is 72.8 Å². The van der Waals surface area contributed by atoms with Crippen molar-refractivity contribution in [2.24, 2.45) is 0 Å². The summed E-state index contributed by atoms with van der Waals surface area (Å²) in [5.41, 5.74) is 3.82. The first-order chi connectivity index (χ1) is 13.8. The minimum absolute atomic E-state index is 0.544. The molecule has 0 bridgehead atoms. The van der Waals surface area contributed by atoms with E-state index in [1.165, 1.54) is 0 Å². The number of nitrogens with zero attached hydrogens (tertiary/aromatic N) is 3. The van der Waals surface area contributed by atoms with Crippen LogP contribution in [0.2, 0.25) is 5.02 Å². The molecule has 0 aliphatic rings. The van der Waals surface area contributed by atoms with Crippen LogP contribution in [0, 0.1) is 0 Å². The molecule has 2 heterocycles. The van der Waals surface area contributed by atoms with Crippen molar-refractivity contribution in [3.05, 3.63) is 95.8 Å². The standard InChI is InChI=1S/C22H18ClN5/c23-18-7-4-8-19(13-18)26-21-14-20(17-5-2-1-3-6-17)27-22(28-21)25-15-16-9-11-24-12-10-16/h1-14H,15H2,(H2,25,26,27,28). The van der Waals surface area contributed by atoms with Gasteiger partial charge in [-0.05, 0) is 35.9 Å². The zero-order valence-electron chi connectivity index (χ0n) is 15.0. The molecule has 0 spiro atoms. The van der Waals surface area contributed by atoms with Gasteiger partial charge in [0.15, 0.2) is 0 Å². The number of rotatable bonds is 6. The topological polar surface area (TPSA) is 62.7 Å². The molecule has 2 aromatic heterocycles. The third-order valence-corrected chi connectivity index (χ3v) is 4.33. The Balaban J connectivity index is 1.64. The van der Waals surface area contributed by atoms with Crippen molar-refractivity contribution in [2.45, 2.75) is 6.54 Å². The highest BCUT2D eigenvalue weighted by atomic mass is 35.5. The summed E-state index contributed by atoms with van der Waals surface area (Å²) in [7, 11) is 0. The van der Waals surface area contributed by atoms with Gasteiger partial charge in [0.1, 0.15) is 5.82 Å². The number of nitrogens with one attached hydrogen (secondary N) is 2. The SMILES string of the molecule is Clc1cccc(Nc2cc(-c3ccccc3)nc(NCc3ccncc3)n2)c1. The Bertz CT molecular complexity index is 1050. The molecule has 0 radical (unpaired) electrons. The highest BCUT2D eigenvalue weighted by molar-refractivity contribution is 6.30. The molecule has 0 saturated carbocycles. The Kier molecular flexibility index (Phi) is 5.45. The van der Waals surface area contributed by atoms with Crippen LogP contribution in [0.15, 0.2) is 85.2 Å². The van der Waals surface area contributed by atoms with Crippen molar-refractivity contribution >= 4 is 29.1 Å². The van der Waals surface area contributed by atoms with Crippen LogP contribution in [0.1, 0.15) is 5.56 Å². The Labute approximate surface area is 168 Å². The maximum atomic E-state index is 6.10. The van der Waals surface area contributed by atoms with Crippen LogP contribution in [-0.2, 0) is 6.54 Å². The molecule has 6 heteroatoms. The van der Waals surface area contributed by atoms with E-state index in [2.05, 4.69) is 25.6 Å². The molecule has 28 heavy (non-hydrogen) atoms. The monoisotopic (exact) mass is 387 g/mol. The molecule has 4 rings (SSSR count). The summed E-state index contributed by atoms with van der Waals surface area (Å²) in [4.78, 5) is 13.3. The molecule has 138 valence electrons. The highest BCUT2D eigenvalue weighted by Crippen LogP contribution is 2.25. The van der Waals surface area contributed by atoms with E-state index < -0.39 is 0 Å². The van der Waals surface area contributed by atoms with E-state index in [9.17, 15) is 0 Å². The summed E-state index contributed by atoms with van der Waals surface area (Å²) in [6.07, 6.45) is 3.54. The Morgan fingerprint density at radius 3 is 2.43 bits per heavy atom. The molecule has 0 saturated heterocycles. The van der Waals surface area contributed by atoms with E-state index in [0.717, 1.165) is 22.5 Å². The van der Waals surface area contributed by atoms with Crippen LogP contribution in [0.3, 0.4) is 0 Å². The van der Waals surface area contributed by atoms with Gasteiger partial charge in [0.2, 0.25) is 5.95 Å². The summed E-state index contributed by atoms with van der Waals surface area (Å²) < 4.78 is 0. The fourth-order valence-electron chi connectivity index (χ4n) is 2.74. The first-order valence-electron chi connectivity index (χ1n) is 8.86. The first-order valence-corrected chi connectivity index (χ1v) is 9.24. The van der Waals surface area contributed by atoms with Crippen molar-refractivity contribution in [2.75, 3.05) is 10.6 Å². The van der Waals surface area contributed by atoms with Crippen LogP contribution in [0.4, 0.5) is 17.5 Å². The zero-order valence-corrected chi connectivity index (χ0v) is 15.8. The Hall–Kier alpha value is -3.44. The molecule has 0 aliphatic heterocycles. The average Bonchev–Trinajstić information content (AvgIpc) is 2.74. The van der Waals surface area contributed by atoms with E-state index >= 15 is 0 Å². The van der Waals surface area contributed by atoms with Gasteiger partial charge in [0, 0.05) is 41.3 Å². The van der Waals surface area contributed by atoms with Crippen molar-refractivity contribution in [3.63, 3.8) is 0 Å². The van der Waals surface area contributed by atoms with Crippen LogP contribution >= 0.6 is 11.6 Å². The molecule has 2 aromatic carbocycles. The van der Waals surface area contributed by atoms with Gasteiger partial charge >= 0.3 is 0 Å². The van der Waals surface area contributed by atoms with Crippen molar-refractivity contribution in [1.29, 1.82) is 0 Å². The second-order valence-electron chi connectivity index (χ2n) is 6.17. The number of hydrogen-bond donors (Lipinski definition) is 2. The lowest BCUT2D eigenvalue weighted by molar-refractivity contribution is 1.05. The number of halogens is 1. The van der Waals surface area contributed by atoms with Gasteiger partial charge in [-0.3, -0.25) is 4.98 Å². The average molecular weight is 388 g/mol. The summed E-state index contributed by atoms with van der Waals surface area (Å²) in [5, 5.41) is 7.27. The number of aromatic nitrogens is 3. The molecular formula is C22H18ClN5. The summed E-state index contributed by atoms with van der Waals surface area (Å²) in [6, 6.07) is 23.4. The third-order valence-electron chi connectivity index (χ3n) is 4.09. The van der Waals surface area contributed by atoms with Gasteiger partial charge in [-0.15, -0.1) is 0 Å². The zero-order chi connectivity index (χ0) is 19.2. The van der Waals surface area contributed by atoms with E-state index in [1.54, 1.807) is 12.4 Å². The predicted octanol–water partition coefficient (Wildman–Crippen LogP) is 5.55. The molecule has 2 N–H and O–H groups in total. The van der Waals surface area contributed by atoms with Crippen LogP contribution in [0.5, 0.6) is 0 Å². The smallest absolute Gasteiger partial charge is 0.225 e. The van der Waals surface area contributed by atoms with Gasteiger partial charge < -0.3 is 10.6 Å². The minimum atomic E-state index is 0.544. The summed E-state index contributed by atoms with van der Waals surface area (Å²) in [5.74, 6) is 1.23. The maximum absolute atomic E-state index is 6.10. The third kappa shape index (κ3) is 4.64. The van der Waals surface area contributed by atoms with E-state index in [-0.39, 0.29) is 0 Å². The van der Waals surface area contributed by atoms with Gasteiger partial charge in [-0.1, -0.05) is 48.0 Å². The fourth-order valence-corrected chi connectivity index (χ4v) is 2.93. The Morgan fingerprint density at radius 1 is 0.821 bits per heavy atom. The van der Waals surface area contributed by atoms with Crippen molar-refractivity contribution < 1.29 is 0 Å². The molecule has 0 unspecified atom stereocenters. The quantitative estimate of drug-likeness (QED) is 0.454. The number of pyridine rings is 1. The molecular weight excluding hydrogens is 370 g/mol. The van der Waals surface area contributed by atoms with Crippen LogP contribution < -0.4 is 10.6 Å². The summed E-state index contributed by atoms with van der Waals surface area (Å²) >= 11 is 6.10. The van der Waals surface area contributed by atoms with Gasteiger partial charge in [-0.25, -0.2) is 4.98 Å². The normalized spacial score (nSPS) is 10.5. The second kappa shape index (κ2) is 8.50. The number of anilines is 3. The van der Waals surface area contributed by atoms with Crippen molar-refractivity contribution in [3.8, 4) is 11.3 Å². The van der Waals surface area contributed by atoms with Gasteiger partial charge in [0.25, 0.3) is 0 Å². The predicted molar refractivity (Wildman–Crippen MR) is 114 cm³/mol. The Morgan fingerprint density at radius 2 is 1.64 bits per heavy atom. The molecule has 5 nitrogen and oxygen atoms in total. The maximum Gasteiger partial charge on any atom is 0.225 e. The van der Waals surface area contributed by atoms with Gasteiger partial charge in [-0.2, -0.15) is 4.98 Å². The van der Waals surface area contributed by atoms with Crippen LogP contribution in [-0.4, -0.2) is 15.0 Å². The van der Waals surface area contributed by atoms with E-state index in [4.69, 9.17) is 11.6 Å².